The smallest absolute Gasteiger partial charge is 0.265 e. The number of carbonyl (C=O) groups is 1. The van der Waals surface area contributed by atoms with E-state index in [0.29, 0.717) is 4.60 Å². The fourth-order valence-electron chi connectivity index (χ4n) is 1.53. The predicted octanol–water partition coefficient (Wildman–Crippen LogP) is 1.24. The predicted molar refractivity (Wildman–Crippen MR) is 82.2 cm³/mol. The number of nitrogens with two attached hydrogens (primary N) is 1. The highest BCUT2D eigenvalue weighted by Crippen LogP contribution is 2.23. The summed E-state index contributed by atoms with van der Waals surface area (Å²) in [6.45, 7) is 0. The average Bonchev–Trinajstić information content (AvgIpc) is 2.76. The number of rotatable bonds is 4. The largest absolute Gasteiger partial charge is 0.364 e. The van der Waals surface area contributed by atoms with Crippen LogP contribution in [0.3, 0.4) is 0 Å². The lowest BCUT2D eigenvalue weighted by molar-refractivity contribution is 0.0992. The maximum Gasteiger partial charge on any atom is 0.265 e. The monoisotopic (exact) mass is 437 g/mol. The summed E-state index contributed by atoms with van der Waals surface area (Å²) in [7, 11) is -2.39. The topological polar surface area (TPSA) is 120 Å². The third-order valence-electron chi connectivity index (χ3n) is 2.47. The summed E-state index contributed by atoms with van der Waals surface area (Å²) < 4.78 is 28.8. The molecule has 11 heteroatoms. The molecule has 0 spiro atoms. The first-order chi connectivity index (χ1) is 9.70. The fourth-order valence-corrected chi connectivity index (χ4v) is 3.65. The highest BCUT2D eigenvalue weighted by molar-refractivity contribution is 9.11. The van der Waals surface area contributed by atoms with E-state index in [2.05, 4.69) is 46.5 Å². The van der Waals surface area contributed by atoms with Crippen LogP contribution < -0.4 is 10.5 Å². The van der Waals surface area contributed by atoms with Crippen LogP contribution in [0.5, 0.6) is 0 Å². The van der Waals surface area contributed by atoms with Gasteiger partial charge in [-0.1, -0.05) is 0 Å². The molecule has 0 aromatic carbocycles. The lowest BCUT2D eigenvalue weighted by Crippen LogP contribution is -2.15. The van der Waals surface area contributed by atoms with Crippen molar-refractivity contribution in [2.75, 3.05) is 4.72 Å². The number of carbonyl (C=O) groups excluding carboxylic acids is 1. The van der Waals surface area contributed by atoms with E-state index in [9.17, 15) is 13.2 Å². The molecule has 2 rings (SSSR count). The van der Waals surface area contributed by atoms with E-state index in [-0.39, 0.29) is 21.0 Å². The Balaban J connectivity index is 2.38. The van der Waals surface area contributed by atoms with Gasteiger partial charge in [0.05, 0.1) is 6.20 Å². The maximum absolute atomic E-state index is 12.2. The molecule has 0 atom stereocenters. The van der Waals surface area contributed by atoms with Gasteiger partial charge in [0, 0.05) is 13.2 Å². The standard InChI is InChI=1S/C10H9Br2N5O3S/c1-17-4-5(2-6(17)9(13)18)21(19,20)16-10-8(12)15-7(11)3-14-10/h2-4H,1H3,(H2,13,18)(H,14,16). The van der Waals surface area contributed by atoms with Crippen LogP contribution in [0.2, 0.25) is 0 Å². The first-order valence-electron chi connectivity index (χ1n) is 5.38. The number of hydrogen-bond acceptors (Lipinski definition) is 5. The average molecular weight is 439 g/mol. The Labute approximate surface area is 137 Å². The lowest BCUT2D eigenvalue weighted by Gasteiger charge is -2.06. The number of nitrogens with zero attached hydrogens (tertiary/aromatic N) is 3. The van der Waals surface area contributed by atoms with Crippen LogP contribution >= 0.6 is 31.9 Å². The molecule has 0 fully saturated rings. The minimum atomic E-state index is -3.91. The molecule has 0 saturated heterocycles. The maximum atomic E-state index is 12.2. The Morgan fingerprint density at radius 3 is 2.62 bits per heavy atom. The summed E-state index contributed by atoms with van der Waals surface area (Å²) in [6, 6.07) is 1.19. The highest BCUT2D eigenvalue weighted by atomic mass is 79.9. The van der Waals surface area contributed by atoms with Gasteiger partial charge >= 0.3 is 0 Å². The molecule has 3 N–H and O–H groups in total. The molecular weight excluding hydrogens is 430 g/mol. The molecule has 112 valence electrons. The minimum Gasteiger partial charge on any atom is -0.364 e. The van der Waals surface area contributed by atoms with Crippen LogP contribution in [0, 0.1) is 0 Å². The third kappa shape index (κ3) is 3.41. The number of nitrogens with one attached hydrogen (secondary N) is 1. The van der Waals surface area contributed by atoms with Crippen LogP contribution in [-0.2, 0) is 17.1 Å². The Morgan fingerprint density at radius 2 is 2.10 bits per heavy atom. The number of amides is 1. The van der Waals surface area contributed by atoms with Crippen LogP contribution in [0.4, 0.5) is 5.82 Å². The van der Waals surface area contributed by atoms with Gasteiger partial charge in [0.2, 0.25) is 0 Å². The Hall–Kier alpha value is -1.46. The molecule has 0 bridgehead atoms. The summed E-state index contributed by atoms with van der Waals surface area (Å²) in [5, 5.41) is 0. The summed E-state index contributed by atoms with van der Waals surface area (Å²) >= 11 is 6.22. The number of halogens is 2. The number of aryl methyl sites for hydroxylation is 1. The minimum absolute atomic E-state index is 0.0303. The van der Waals surface area contributed by atoms with E-state index in [1.807, 2.05) is 0 Å². The van der Waals surface area contributed by atoms with Crippen LogP contribution in [0.25, 0.3) is 0 Å². The van der Waals surface area contributed by atoms with E-state index in [4.69, 9.17) is 5.73 Å². The molecule has 2 aromatic rings. The Kier molecular flexibility index (Phi) is 4.35. The quantitative estimate of drug-likeness (QED) is 0.743. The molecule has 2 aromatic heterocycles. The van der Waals surface area contributed by atoms with Crippen molar-refractivity contribution in [3.05, 3.63) is 33.4 Å². The van der Waals surface area contributed by atoms with Gasteiger partial charge in [-0.2, -0.15) is 0 Å². The Morgan fingerprint density at radius 1 is 1.43 bits per heavy atom. The second-order valence-corrected chi connectivity index (χ2v) is 7.22. The summed E-state index contributed by atoms with van der Waals surface area (Å²) in [4.78, 5) is 18.9. The summed E-state index contributed by atoms with van der Waals surface area (Å²) in [5.41, 5.74) is 5.23. The van der Waals surface area contributed by atoms with E-state index >= 15 is 0 Å². The number of aromatic nitrogens is 3. The van der Waals surface area contributed by atoms with Crippen molar-refractivity contribution in [1.82, 2.24) is 14.5 Å². The van der Waals surface area contributed by atoms with Crippen LogP contribution in [0.1, 0.15) is 10.5 Å². The van der Waals surface area contributed by atoms with Crippen molar-refractivity contribution in [2.45, 2.75) is 4.90 Å². The zero-order valence-corrected chi connectivity index (χ0v) is 14.5. The number of sulfonamides is 1. The van der Waals surface area contributed by atoms with Gasteiger partial charge in [-0.25, -0.2) is 18.4 Å². The second kappa shape index (κ2) is 5.73. The van der Waals surface area contributed by atoms with Crippen molar-refractivity contribution in [2.24, 2.45) is 12.8 Å². The van der Waals surface area contributed by atoms with Gasteiger partial charge < -0.3 is 10.3 Å². The van der Waals surface area contributed by atoms with Crippen molar-refractivity contribution >= 4 is 53.6 Å². The van der Waals surface area contributed by atoms with E-state index in [0.717, 1.165) is 0 Å². The van der Waals surface area contributed by atoms with E-state index in [1.165, 1.54) is 30.1 Å². The SMILES string of the molecule is Cn1cc(S(=O)(=O)Nc2ncc(Br)nc2Br)cc1C(N)=O. The molecule has 0 aliphatic carbocycles. The fraction of sp³-hybridized carbons (Fsp3) is 0.100. The van der Waals surface area contributed by atoms with Gasteiger partial charge in [-0.15, -0.1) is 0 Å². The van der Waals surface area contributed by atoms with Crippen molar-refractivity contribution in [3.63, 3.8) is 0 Å². The van der Waals surface area contributed by atoms with Gasteiger partial charge in [0.15, 0.2) is 10.4 Å². The number of hydrogen-bond donors (Lipinski definition) is 2. The van der Waals surface area contributed by atoms with E-state index in [1.54, 1.807) is 0 Å². The molecule has 21 heavy (non-hydrogen) atoms. The highest BCUT2D eigenvalue weighted by Gasteiger charge is 2.21. The van der Waals surface area contributed by atoms with Crippen LogP contribution in [-0.4, -0.2) is 28.9 Å². The third-order valence-corrected chi connectivity index (χ3v) is 4.72. The zero-order valence-electron chi connectivity index (χ0n) is 10.5. The molecule has 2 heterocycles. The number of primary amides is 1. The molecule has 0 aliphatic heterocycles. The summed E-state index contributed by atoms with van der Waals surface area (Å²) in [6.07, 6.45) is 2.63. The lowest BCUT2D eigenvalue weighted by atomic mass is 10.4. The first kappa shape index (κ1) is 15.9. The van der Waals surface area contributed by atoms with Crippen LogP contribution in [0.15, 0.2) is 32.6 Å². The van der Waals surface area contributed by atoms with E-state index < -0.39 is 15.9 Å². The van der Waals surface area contributed by atoms with Gasteiger partial charge in [-0.05, 0) is 37.9 Å². The molecule has 8 nitrogen and oxygen atoms in total. The zero-order chi connectivity index (χ0) is 15.8. The van der Waals surface area contributed by atoms with Crippen molar-refractivity contribution in [3.8, 4) is 0 Å². The molecule has 1 amide bonds. The molecular formula is C10H9Br2N5O3S. The summed E-state index contributed by atoms with van der Waals surface area (Å²) in [5.74, 6) is -0.689. The first-order valence-corrected chi connectivity index (χ1v) is 8.44. The molecule has 0 unspecified atom stereocenters. The Bertz CT molecular complexity index is 818. The molecule has 0 aliphatic rings. The molecule has 0 radical (unpaired) electrons. The van der Waals surface area contributed by atoms with Gasteiger partial charge in [0.1, 0.15) is 15.2 Å². The van der Waals surface area contributed by atoms with Gasteiger partial charge in [0.25, 0.3) is 15.9 Å². The normalized spacial score (nSPS) is 11.4. The molecule has 0 saturated carbocycles. The van der Waals surface area contributed by atoms with Crippen molar-refractivity contribution < 1.29 is 13.2 Å². The number of anilines is 1. The second-order valence-electron chi connectivity index (χ2n) is 3.97. The van der Waals surface area contributed by atoms with Gasteiger partial charge in [-0.3, -0.25) is 9.52 Å². The van der Waals surface area contributed by atoms with Crippen molar-refractivity contribution in [1.29, 1.82) is 0 Å².